The van der Waals surface area contributed by atoms with E-state index >= 15 is 0 Å². The van der Waals surface area contributed by atoms with E-state index in [9.17, 15) is 4.79 Å². The van der Waals surface area contributed by atoms with Crippen LogP contribution in [0.2, 0.25) is 0 Å². The average molecular weight is 666 g/mol. The van der Waals surface area contributed by atoms with Crippen LogP contribution >= 0.6 is 0 Å². The van der Waals surface area contributed by atoms with E-state index in [0.29, 0.717) is 12.3 Å². The maximum Gasteiger partial charge on any atom is 0.163 e. The number of aromatic nitrogens is 4. The van der Waals surface area contributed by atoms with Gasteiger partial charge in [0.1, 0.15) is 11.6 Å². The van der Waals surface area contributed by atoms with Crippen molar-refractivity contribution in [3.63, 3.8) is 0 Å². The van der Waals surface area contributed by atoms with Gasteiger partial charge in [0, 0.05) is 48.6 Å². The molecule has 7 rings (SSSR count). The van der Waals surface area contributed by atoms with Gasteiger partial charge in [0.25, 0.3) is 0 Å². The molecule has 258 valence electrons. The van der Waals surface area contributed by atoms with Gasteiger partial charge in [-0.3, -0.25) is 9.69 Å². The number of carbonyl (C=O) groups excluding carboxylic acids is 1. The Bertz CT molecular complexity index is 2180. The van der Waals surface area contributed by atoms with Crippen molar-refractivity contribution in [3.05, 3.63) is 107 Å². The smallest absolute Gasteiger partial charge is 0.163 e. The van der Waals surface area contributed by atoms with Crippen molar-refractivity contribution in [1.82, 2.24) is 24.0 Å². The lowest BCUT2D eigenvalue weighted by atomic mass is 9.72. The second-order valence-electron chi connectivity index (χ2n) is 15.8. The van der Waals surface area contributed by atoms with Gasteiger partial charge < -0.3 is 9.13 Å². The second-order valence-corrected chi connectivity index (χ2v) is 15.8. The summed E-state index contributed by atoms with van der Waals surface area (Å²) in [7, 11) is 4.31. The lowest BCUT2D eigenvalue weighted by molar-refractivity contribution is -0.0300. The number of Topliss-reactive ketones (excluding diaryl/α,β-unsaturated/α-hetero) is 1. The van der Waals surface area contributed by atoms with Crippen LogP contribution in [0.25, 0.3) is 44.6 Å². The summed E-state index contributed by atoms with van der Waals surface area (Å²) in [5.41, 5.74) is 10.8. The first-order chi connectivity index (χ1) is 23.9. The van der Waals surface area contributed by atoms with E-state index in [4.69, 9.17) is 9.97 Å². The molecule has 6 heteroatoms. The molecular formula is C44H51N5O. The molecule has 0 spiro atoms. The third kappa shape index (κ3) is 6.19. The van der Waals surface area contributed by atoms with Gasteiger partial charge in [0.2, 0.25) is 0 Å². The predicted molar refractivity (Wildman–Crippen MR) is 207 cm³/mol. The molecule has 6 nitrogen and oxygen atoms in total. The van der Waals surface area contributed by atoms with Crippen molar-refractivity contribution in [1.29, 1.82) is 0 Å². The first-order valence-electron chi connectivity index (χ1n) is 18.2. The highest BCUT2D eigenvalue weighted by atomic mass is 16.1. The molecule has 0 aliphatic carbocycles. The molecule has 0 atom stereocenters. The van der Waals surface area contributed by atoms with Gasteiger partial charge in [0.05, 0.1) is 22.1 Å². The minimum Gasteiger partial charge on any atom is -0.327 e. The maximum atomic E-state index is 13.9. The van der Waals surface area contributed by atoms with Crippen LogP contribution in [0.3, 0.4) is 0 Å². The number of carbonyl (C=O) groups is 1. The molecule has 0 N–H and O–H groups in total. The van der Waals surface area contributed by atoms with Gasteiger partial charge in [-0.2, -0.15) is 0 Å². The third-order valence-electron chi connectivity index (χ3n) is 11.3. The molecule has 1 saturated heterocycles. The molecule has 50 heavy (non-hydrogen) atoms. The molecule has 1 aliphatic heterocycles. The number of hydrogen-bond donors (Lipinski definition) is 0. The van der Waals surface area contributed by atoms with E-state index in [1.165, 1.54) is 5.56 Å². The second kappa shape index (κ2) is 13.0. The molecule has 6 aromatic rings. The number of nitrogens with zero attached hydrogens (tertiary/aromatic N) is 5. The van der Waals surface area contributed by atoms with Gasteiger partial charge in [-0.25, -0.2) is 9.97 Å². The Morgan fingerprint density at radius 1 is 0.820 bits per heavy atom. The number of fused-ring (bicyclic) bond motifs is 2. The zero-order chi connectivity index (χ0) is 35.4. The van der Waals surface area contributed by atoms with E-state index in [0.717, 1.165) is 93.8 Å². The van der Waals surface area contributed by atoms with Crippen LogP contribution in [-0.2, 0) is 20.0 Å². The number of ketones is 1. The van der Waals surface area contributed by atoms with Crippen molar-refractivity contribution in [2.75, 3.05) is 7.05 Å². The molecular weight excluding hydrogens is 615 g/mol. The minimum atomic E-state index is 0.0623. The average Bonchev–Trinajstić information content (AvgIpc) is 3.61. The third-order valence-corrected chi connectivity index (χ3v) is 11.3. The van der Waals surface area contributed by atoms with Crippen LogP contribution in [-0.4, -0.2) is 47.9 Å². The van der Waals surface area contributed by atoms with Gasteiger partial charge in [-0.05, 0) is 113 Å². The summed E-state index contributed by atoms with van der Waals surface area (Å²) in [6.07, 6.45) is 4.57. The standard InChI is InChI=1S/C44H51N5O/c1-9-14-40-46-41-29(2)23-33(42-45-36-17-12-13-18-37(36)47(42)7)25-38(41)49(40)28-30-19-21-32(22-20-30)34-15-10-11-16-35(34)39(50)24-31-26-43(3,4)48(8)44(5,6)27-31/h10-13,15-23,25,31H,9,14,24,26-28H2,1-8H3. The number of imidazole rings is 2. The highest BCUT2D eigenvalue weighted by Crippen LogP contribution is 2.42. The topological polar surface area (TPSA) is 56.0 Å². The molecule has 1 aliphatic rings. The molecule has 3 heterocycles. The zero-order valence-corrected chi connectivity index (χ0v) is 31.0. The van der Waals surface area contributed by atoms with E-state index in [1.807, 2.05) is 24.3 Å². The number of benzene rings is 4. The van der Waals surface area contributed by atoms with Crippen molar-refractivity contribution in [2.45, 2.75) is 91.3 Å². The van der Waals surface area contributed by atoms with Gasteiger partial charge >= 0.3 is 0 Å². The van der Waals surface area contributed by atoms with Crippen molar-refractivity contribution >= 4 is 27.9 Å². The molecule has 1 fully saturated rings. The molecule has 0 radical (unpaired) electrons. The summed E-state index contributed by atoms with van der Waals surface area (Å²) in [5, 5.41) is 0. The predicted octanol–water partition coefficient (Wildman–Crippen LogP) is 10.0. The van der Waals surface area contributed by atoms with Crippen LogP contribution in [0.5, 0.6) is 0 Å². The van der Waals surface area contributed by atoms with Crippen molar-refractivity contribution in [2.24, 2.45) is 13.0 Å². The highest BCUT2D eigenvalue weighted by molar-refractivity contribution is 6.02. The van der Waals surface area contributed by atoms with E-state index in [2.05, 4.69) is 130 Å². The molecule has 0 unspecified atom stereocenters. The molecule has 4 aromatic carbocycles. The molecule has 0 bridgehead atoms. The van der Waals surface area contributed by atoms with E-state index in [-0.39, 0.29) is 16.9 Å². The quantitative estimate of drug-likeness (QED) is 0.144. The molecule has 0 saturated carbocycles. The van der Waals surface area contributed by atoms with E-state index < -0.39 is 0 Å². The van der Waals surface area contributed by atoms with Crippen molar-refractivity contribution < 1.29 is 4.79 Å². The fourth-order valence-corrected chi connectivity index (χ4v) is 8.61. The fraction of sp³-hybridized carbons (Fsp3) is 0.386. The summed E-state index contributed by atoms with van der Waals surface area (Å²) >= 11 is 0. The number of piperidine rings is 1. The summed E-state index contributed by atoms with van der Waals surface area (Å²) in [6, 6.07) is 29.7. The minimum absolute atomic E-state index is 0.0623. The number of rotatable bonds is 9. The van der Waals surface area contributed by atoms with Crippen molar-refractivity contribution in [3.8, 4) is 22.5 Å². The van der Waals surface area contributed by atoms with Gasteiger partial charge in [-0.1, -0.05) is 67.6 Å². The lowest BCUT2D eigenvalue weighted by Gasteiger charge is -2.53. The Morgan fingerprint density at radius 2 is 1.50 bits per heavy atom. The fourth-order valence-electron chi connectivity index (χ4n) is 8.61. The number of aryl methyl sites for hydroxylation is 3. The Hall–Kier alpha value is -4.55. The van der Waals surface area contributed by atoms with Crippen LogP contribution in [0, 0.1) is 12.8 Å². The number of hydrogen-bond acceptors (Lipinski definition) is 4. The molecule has 2 aromatic heterocycles. The van der Waals surface area contributed by atoms with Crippen LogP contribution in [0.4, 0.5) is 0 Å². The Kier molecular flexibility index (Phi) is 8.80. The largest absolute Gasteiger partial charge is 0.327 e. The Morgan fingerprint density at radius 3 is 2.20 bits per heavy atom. The van der Waals surface area contributed by atoms with Crippen LogP contribution in [0.15, 0.2) is 84.9 Å². The number of para-hydroxylation sites is 2. The maximum absolute atomic E-state index is 13.9. The number of likely N-dealkylation sites (tertiary alicyclic amines) is 1. The monoisotopic (exact) mass is 665 g/mol. The first-order valence-corrected chi connectivity index (χ1v) is 18.2. The Labute approximate surface area is 297 Å². The summed E-state index contributed by atoms with van der Waals surface area (Å²) in [5.74, 6) is 2.67. The zero-order valence-electron chi connectivity index (χ0n) is 31.0. The highest BCUT2D eigenvalue weighted by Gasteiger charge is 2.43. The molecule has 0 amide bonds. The SMILES string of the molecule is CCCc1nc2c(C)cc(-c3nc4ccccc4n3C)cc2n1Cc1ccc(-c2ccccc2C(=O)CC2CC(C)(C)N(C)C(C)(C)C2)cc1. The Balaban J connectivity index is 1.18. The van der Waals surface area contributed by atoms with Crippen LogP contribution < -0.4 is 0 Å². The summed E-state index contributed by atoms with van der Waals surface area (Å²) in [4.78, 5) is 26.6. The summed E-state index contributed by atoms with van der Waals surface area (Å²) in [6.45, 7) is 14.3. The normalized spacial score (nSPS) is 16.4. The van der Waals surface area contributed by atoms with Gasteiger partial charge in [-0.15, -0.1) is 0 Å². The van der Waals surface area contributed by atoms with Gasteiger partial charge in [0.15, 0.2) is 5.78 Å². The first kappa shape index (κ1) is 33.9. The lowest BCUT2D eigenvalue weighted by Crippen LogP contribution is -2.58. The summed E-state index contributed by atoms with van der Waals surface area (Å²) < 4.78 is 4.56. The van der Waals surface area contributed by atoms with Crippen LogP contribution in [0.1, 0.15) is 87.6 Å². The van der Waals surface area contributed by atoms with E-state index in [1.54, 1.807) is 0 Å².